The lowest BCUT2D eigenvalue weighted by molar-refractivity contribution is -0.117. The van der Waals surface area contributed by atoms with Crippen LogP contribution in [0.1, 0.15) is 31.1 Å². The summed E-state index contributed by atoms with van der Waals surface area (Å²) in [7, 11) is 0. The number of nitrogens with zero attached hydrogens (tertiary/aromatic N) is 1. The molecule has 0 aromatic heterocycles. The summed E-state index contributed by atoms with van der Waals surface area (Å²) >= 11 is 0. The van der Waals surface area contributed by atoms with E-state index in [-0.39, 0.29) is 11.8 Å². The first-order chi connectivity index (χ1) is 8.99. The molecule has 0 aliphatic heterocycles. The Morgan fingerprint density at radius 3 is 2.47 bits per heavy atom. The van der Waals surface area contributed by atoms with Crippen molar-refractivity contribution in [1.29, 1.82) is 0 Å². The van der Waals surface area contributed by atoms with E-state index in [1.807, 2.05) is 13.8 Å². The van der Waals surface area contributed by atoms with E-state index in [0.29, 0.717) is 24.3 Å². The van der Waals surface area contributed by atoms with Crippen molar-refractivity contribution in [2.45, 2.75) is 26.8 Å². The van der Waals surface area contributed by atoms with Gasteiger partial charge in [0.25, 0.3) is 5.91 Å². The maximum atomic E-state index is 12.2. The average Bonchev–Trinajstić information content (AvgIpc) is 2.40. The van der Waals surface area contributed by atoms with Gasteiger partial charge in [-0.25, -0.2) is 0 Å². The van der Waals surface area contributed by atoms with Crippen LogP contribution < -0.4 is 11.1 Å². The quantitative estimate of drug-likeness (QED) is 0.844. The topological polar surface area (TPSA) is 75.4 Å². The van der Waals surface area contributed by atoms with Crippen LogP contribution in [0.4, 0.5) is 5.69 Å². The highest BCUT2D eigenvalue weighted by Crippen LogP contribution is 2.13. The third-order valence-corrected chi connectivity index (χ3v) is 2.84. The summed E-state index contributed by atoms with van der Waals surface area (Å²) in [4.78, 5) is 25.4. The predicted octanol–water partition coefficient (Wildman–Crippen LogP) is 1.45. The number of hydrogen-bond acceptors (Lipinski definition) is 3. The fraction of sp³-hybridized carbons (Fsp3) is 0.429. The molecule has 0 saturated carbocycles. The summed E-state index contributed by atoms with van der Waals surface area (Å²) < 4.78 is 0. The average molecular weight is 263 g/mol. The first-order valence-corrected chi connectivity index (χ1v) is 6.45. The van der Waals surface area contributed by atoms with Crippen molar-refractivity contribution in [3.63, 3.8) is 0 Å². The van der Waals surface area contributed by atoms with Gasteiger partial charge in [-0.05, 0) is 39.0 Å². The highest BCUT2D eigenvalue weighted by molar-refractivity contribution is 5.98. The SMILES string of the molecule is CCN(CC)C(=O)c1cccc(NC(=O)[C@H](C)N)c1. The molecule has 1 aromatic rings. The molecule has 1 aromatic carbocycles. The van der Waals surface area contributed by atoms with Crippen LogP contribution in [0, 0.1) is 0 Å². The summed E-state index contributed by atoms with van der Waals surface area (Å²) in [6, 6.07) is 6.30. The second kappa shape index (κ2) is 6.89. The van der Waals surface area contributed by atoms with Crippen molar-refractivity contribution < 1.29 is 9.59 Å². The van der Waals surface area contributed by atoms with E-state index in [1.54, 1.807) is 36.1 Å². The maximum Gasteiger partial charge on any atom is 0.253 e. The van der Waals surface area contributed by atoms with E-state index in [4.69, 9.17) is 5.73 Å². The molecule has 0 bridgehead atoms. The molecular weight excluding hydrogens is 242 g/mol. The molecule has 104 valence electrons. The number of nitrogens with one attached hydrogen (secondary N) is 1. The predicted molar refractivity (Wildman–Crippen MR) is 76.0 cm³/mol. The van der Waals surface area contributed by atoms with Crippen LogP contribution in [0.15, 0.2) is 24.3 Å². The van der Waals surface area contributed by atoms with Crippen LogP contribution in [0.25, 0.3) is 0 Å². The molecule has 0 fully saturated rings. The molecule has 0 radical (unpaired) electrons. The first-order valence-electron chi connectivity index (χ1n) is 6.45. The van der Waals surface area contributed by atoms with Gasteiger partial charge in [-0.1, -0.05) is 6.07 Å². The Labute approximate surface area is 113 Å². The Kier molecular flexibility index (Phi) is 5.51. The van der Waals surface area contributed by atoms with E-state index in [1.165, 1.54) is 0 Å². The number of benzene rings is 1. The van der Waals surface area contributed by atoms with Crippen molar-refractivity contribution in [3.8, 4) is 0 Å². The number of carbonyl (C=O) groups excluding carboxylic acids is 2. The third kappa shape index (κ3) is 4.06. The number of anilines is 1. The van der Waals surface area contributed by atoms with Crippen LogP contribution in [-0.2, 0) is 4.79 Å². The molecule has 0 spiro atoms. The van der Waals surface area contributed by atoms with Gasteiger partial charge < -0.3 is 16.0 Å². The zero-order chi connectivity index (χ0) is 14.4. The lowest BCUT2D eigenvalue weighted by Gasteiger charge is -2.19. The maximum absolute atomic E-state index is 12.2. The molecule has 3 N–H and O–H groups in total. The van der Waals surface area contributed by atoms with E-state index in [0.717, 1.165) is 0 Å². The number of nitrogens with two attached hydrogens (primary N) is 1. The van der Waals surface area contributed by atoms with Crippen LogP contribution >= 0.6 is 0 Å². The van der Waals surface area contributed by atoms with Crippen molar-refractivity contribution in [3.05, 3.63) is 29.8 Å². The summed E-state index contributed by atoms with van der Waals surface area (Å²) in [6.45, 7) is 6.80. The normalized spacial score (nSPS) is 11.8. The molecule has 5 heteroatoms. The standard InChI is InChI=1S/C14H21N3O2/c1-4-17(5-2)14(19)11-7-6-8-12(9-11)16-13(18)10(3)15/h6-10H,4-5,15H2,1-3H3,(H,16,18)/t10-/m0/s1. The second-order valence-electron chi connectivity index (χ2n) is 4.34. The van der Waals surface area contributed by atoms with Gasteiger partial charge in [-0.2, -0.15) is 0 Å². The van der Waals surface area contributed by atoms with Crippen molar-refractivity contribution in [1.82, 2.24) is 4.90 Å². The number of hydrogen-bond donors (Lipinski definition) is 2. The highest BCUT2D eigenvalue weighted by Gasteiger charge is 2.13. The second-order valence-corrected chi connectivity index (χ2v) is 4.34. The highest BCUT2D eigenvalue weighted by atomic mass is 16.2. The molecule has 0 aliphatic carbocycles. The van der Waals surface area contributed by atoms with Crippen molar-refractivity contribution in [2.75, 3.05) is 18.4 Å². The minimum Gasteiger partial charge on any atom is -0.339 e. The van der Waals surface area contributed by atoms with Gasteiger partial charge in [0.1, 0.15) is 0 Å². The fourth-order valence-electron chi connectivity index (χ4n) is 1.68. The van der Waals surface area contributed by atoms with Crippen LogP contribution in [0.5, 0.6) is 0 Å². The van der Waals surface area contributed by atoms with Gasteiger partial charge in [0, 0.05) is 24.3 Å². The monoisotopic (exact) mass is 263 g/mol. The Morgan fingerprint density at radius 2 is 1.95 bits per heavy atom. The zero-order valence-electron chi connectivity index (χ0n) is 11.6. The summed E-state index contributed by atoms with van der Waals surface area (Å²) in [5, 5.41) is 2.68. The molecule has 19 heavy (non-hydrogen) atoms. The molecule has 1 atom stereocenters. The number of rotatable bonds is 5. The van der Waals surface area contributed by atoms with E-state index in [9.17, 15) is 9.59 Å². The Hall–Kier alpha value is -1.88. The molecule has 0 unspecified atom stereocenters. The fourth-order valence-corrected chi connectivity index (χ4v) is 1.68. The van der Waals surface area contributed by atoms with E-state index in [2.05, 4.69) is 5.32 Å². The van der Waals surface area contributed by atoms with E-state index < -0.39 is 6.04 Å². The number of amides is 2. The Bertz CT molecular complexity index is 454. The largest absolute Gasteiger partial charge is 0.339 e. The lowest BCUT2D eigenvalue weighted by Crippen LogP contribution is -2.33. The molecular formula is C14H21N3O2. The Morgan fingerprint density at radius 1 is 1.32 bits per heavy atom. The molecule has 0 heterocycles. The smallest absolute Gasteiger partial charge is 0.253 e. The molecule has 5 nitrogen and oxygen atoms in total. The van der Waals surface area contributed by atoms with Crippen LogP contribution in [-0.4, -0.2) is 35.8 Å². The third-order valence-electron chi connectivity index (χ3n) is 2.84. The number of carbonyl (C=O) groups is 2. The Balaban J connectivity index is 2.88. The summed E-state index contributed by atoms with van der Waals surface area (Å²) in [5.74, 6) is -0.311. The lowest BCUT2D eigenvalue weighted by atomic mass is 10.1. The van der Waals surface area contributed by atoms with Gasteiger partial charge in [0.15, 0.2) is 0 Å². The van der Waals surface area contributed by atoms with Gasteiger partial charge in [-0.3, -0.25) is 9.59 Å². The molecule has 1 rings (SSSR count). The molecule has 2 amide bonds. The van der Waals surface area contributed by atoms with Gasteiger partial charge in [0.2, 0.25) is 5.91 Å². The molecule has 0 aliphatic rings. The first kappa shape index (κ1) is 15.2. The van der Waals surface area contributed by atoms with Crippen LogP contribution in [0.3, 0.4) is 0 Å². The summed E-state index contributed by atoms with van der Waals surface area (Å²) in [5.41, 5.74) is 6.63. The molecule has 0 saturated heterocycles. The van der Waals surface area contributed by atoms with Crippen molar-refractivity contribution >= 4 is 17.5 Å². The van der Waals surface area contributed by atoms with Gasteiger partial charge in [0.05, 0.1) is 6.04 Å². The summed E-state index contributed by atoms with van der Waals surface area (Å²) in [6.07, 6.45) is 0. The van der Waals surface area contributed by atoms with Gasteiger partial charge in [-0.15, -0.1) is 0 Å². The minimum atomic E-state index is -0.581. The van der Waals surface area contributed by atoms with Crippen LogP contribution in [0.2, 0.25) is 0 Å². The minimum absolute atomic E-state index is 0.0399. The van der Waals surface area contributed by atoms with E-state index >= 15 is 0 Å². The van der Waals surface area contributed by atoms with Crippen molar-refractivity contribution in [2.24, 2.45) is 5.73 Å². The van der Waals surface area contributed by atoms with Gasteiger partial charge >= 0.3 is 0 Å². The zero-order valence-corrected chi connectivity index (χ0v) is 11.6.